The van der Waals surface area contributed by atoms with Gasteiger partial charge in [-0.15, -0.1) is 13.1 Å². The minimum Gasteiger partial charge on any atom is -0.661 e. The molecule has 0 aromatic heterocycles. The molecule has 0 aliphatic carbocycles. The van der Waals surface area contributed by atoms with Gasteiger partial charge in [0.2, 0.25) is 0 Å². The zero-order valence-corrected chi connectivity index (χ0v) is 17.8. The summed E-state index contributed by atoms with van der Waals surface area (Å²) in [6, 6.07) is 0. The molecule has 5 heteroatoms. The quantitative estimate of drug-likeness (QED) is 0.512. The van der Waals surface area contributed by atoms with Crippen molar-refractivity contribution in [3.05, 3.63) is 5.32 Å². The van der Waals surface area contributed by atoms with Crippen LogP contribution in [-0.2, 0) is 0 Å². The molecule has 0 atom stereocenters. The molecule has 0 amide bonds. The van der Waals surface area contributed by atoms with Gasteiger partial charge in [-0.3, -0.25) is 0 Å². The molecular formula is C13H29N4Rb. The monoisotopic (exact) mass is 326 g/mol. The third-order valence-electron chi connectivity index (χ3n) is 3.44. The Hall–Kier alpha value is 1.65. The van der Waals surface area contributed by atoms with Gasteiger partial charge in [-0.05, 0) is 53.7 Å². The minimum absolute atomic E-state index is 0. The molecule has 102 valence electrons. The fraction of sp³-hybridized carbons (Fsp3) is 1.00. The maximum atomic E-state index is 4.58. The summed E-state index contributed by atoms with van der Waals surface area (Å²) in [6.07, 6.45) is 2.46. The minimum atomic E-state index is 0. The van der Waals surface area contributed by atoms with Crippen molar-refractivity contribution in [2.24, 2.45) is 0 Å². The fourth-order valence-electron chi connectivity index (χ4n) is 2.09. The molecule has 0 spiro atoms. The van der Waals surface area contributed by atoms with Crippen molar-refractivity contribution in [2.45, 2.75) is 12.8 Å². The summed E-state index contributed by atoms with van der Waals surface area (Å²) in [7, 11) is 6.65. The van der Waals surface area contributed by atoms with Crippen LogP contribution >= 0.6 is 0 Å². The van der Waals surface area contributed by atoms with E-state index in [2.05, 4.69) is 41.2 Å². The molecule has 0 bridgehead atoms. The Labute approximate surface area is 162 Å². The molecule has 18 heavy (non-hydrogen) atoms. The van der Waals surface area contributed by atoms with E-state index in [1.54, 1.807) is 0 Å². The van der Waals surface area contributed by atoms with Crippen molar-refractivity contribution in [3.63, 3.8) is 0 Å². The zero-order valence-electron chi connectivity index (χ0n) is 12.9. The maximum Gasteiger partial charge on any atom is 1.00 e. The third kappa shape index (κ3) is 10.4. The van der Waals surface area contributed by atoms with Crippen molar-refractivity contribution in [1.29, 1.82) is 0 Å². The zero-order chi connectivity index (χ0) is 12.5. The van der Waals surface area contributed by atoms with Gasteiger partial charge in [-0.2, -0.15) is 0 Å². The van der Waals surface area contributed by atoms with Crippen molar-refractivity contribution in [1.82, 2.24) is 14.7 Å². The summed E-state index contributed by atoms with van der Waals surface area (Å²) >= 11 is 0. The molecule has 1 heterocycles. The Bertz CT molecular complexity index is 192. The van der Waals surface area contributed by atoms with E-state index < -0.39 is 0 Å². The second kappa shape index (κ2) is 12.4. The Kier molecular flexibility index (Phi) is 13.5. The molecular weight excluding hydrogens is 298 g/mol. The number of rotatable bonds is 0. The first-order valence-corrected chi connectivity index (χ1v) is 6.87. The SMILES string of the molecule is CN1CCCN(C)CCN(C)CCC[N-]CC1.[Rb+]. The average Bonchev–Trinajstić information content (AvgIpc) is 2.30. The van der Waals surface area contributed by atoms with Crippen molar-refractivity contribution in [3.8, 4) is 0 Å². The van der Waals surface area contributed by atoms with Gasteiger partial charge in [-0.25, -0.2) is 0 Å². The fourth-order valence-corrected chi connectivity index (χ4v) is 2.09. The molecule has 0 unspecified atom stereocenters. The van der Waals surface area contributed by atoms with Crippen molar-refractivity contribution >= 4 is 0 Å². The molecule has 0 saturated carbocycles. The van der Waals surface area contributed by atoms with Crippen LogP contribution in [0.1, 0.15) is 12.8 Å². The first kappa shape index (κ1) is 19.6. The number of hydrogen-bond acceptors (Lipinski definition) is 3. The first-order valence-electron chi connectivity index (χ1n) is 6.87. The van der Waals surface area contributed by atoms with E-state index in [4.69, 9.17) is 0 Å². The first-order chi connectivity index (χ1) is 8.18. The summed E-state index contributed by atoms with van der Waals surface area (Å²) in [5, 5.41) is 4.58. The Morgan fingerprint density at radius 3 is 1.72 bits per heavy atom. The van der Waals surface area contributed by atoms with E-state index in [9.17, 15) is 0 Å². The second-order valence-electron chi connectivity index (χ2n) is 5.29. The standard InChI is InChI=1S/C13H29N4.Rb/c1-15-9-5-10-17(3)13-12-16(2)8-4-6-14-7-11-15;/h4-13H2,1-3H3;/q-1;+1. The Morgan fingerprint density at radius 1 is 0.611 bits per heavy atom. The van der Waals surface area contributed by atoms with Crippen LogP contribution in [0.15, 0.2) is 0 Å². The molecule has 1 aliphatic rings. The van der Waals surface area contributed by atoms with Crippen LogP contribution in [0.2, 0.25) is 0 Å². The van der Waals surface area contributed by atoms with E-state index in [1.165, 1.54) is 45.6 Å². The molecule has 0 aromatic rings. The number of nitrogens with zero attached hydrogens (tertiary/aromatic N) is 4. The number of hydrogen-bond donors (Lipinski definition) is 0. The smallest absolute Gasteiger partial charge is 0.661 e. The summed E-state index contributed by atoms with van der Waals surface area (Å²) in [6.45, 7) is 9.05. The molecule has 0 radical (unpaired) electrons. The van der Waals surface area contributed by atoms with E-state index in [0.29, 0.717) is 0 Å². The number of likely N-dealkylation sites (N-methyl/N-ethyl adjacent to an activating group) is 3. The molecule has 0 aromatic carbocycles. The summed E-state index contributed by atoms with van der Waals surface area (Å²) in [5.41, 5.74) is 0. The van der Waals surface area contributed by atoms with Crippen molar-refractivity contribution in [2.75, 3.05) is 73.5 Å². The van der Waals surface area contributed by atoms with E-state index >= 15 is 0 Å². The van der Waals surface area contributed by atoms with Gasteiger partial charge < -0.3 is 20.0 Å². The van der Waals surface area contributed by atoms with Gasteiger partial charge in [0.15, 0.2) is 0 Å². The molecule has 0 N–H and O–H groups in total. The van der Waals surface area contributed by atoms with Crippen molar-refractivity contribution < 1.29 is 58.2 Å². The van der Waals surface area contributed by atoms with E-state index in [0.717, 1.165) is 19.6 Å². The molecule has 1 saturated heterocycles. The Morgan fingerprint density at radius 2 is 1.11 bits per heavy atom. The predicted molar refractivity (Wildman–Crippen MR) is 74.8 cm³/mol. The van der Waals surface area contributed by atoms with Crippen LogP contribution in [0, 0.1) is 0 Å². The van der Waals surface area contributed by atoms with Crippen LogP contribution in [0.5, 0.6) is 0 Å². The summed E-state index contributed by atoms with van der Waals surface area (Å²) < 4.78 is 0. The summed E-state index contributed by atoms with van der Waals surface area (Å²) in [5.74, 6) is 0. The Balaban J connectivity index is 0.00000289. The van der Waals surface area contributed by atoms with E-state index in [1.807, 2.05) is 0 Å². The van der Waals surface area contributed by atoms with Crippen LogP contribution in [0.4, 0.5) is 0 Å². The largest absolute Gasteiger partial charge is 1.00 e. The van der Waals surface area contributed by atoms with E-state index in [-0.39, 0.29) is 58.2 Å². The van der Waals surface area contributed by atoms with Gasteiger partial charge >= 0.3 is 58.2 Å². The van der Waals surface area contributed by atoms with Gasteiger partial charge in [0, 0.05) is 13.1 Å². The topological polar surface area (TPSA) is 23.8 Å². The van der Waals surface area contributed by atoms with Crippen LogP contribution in [-0.4, -0.2) is 88.2 Å². The molecule has 1 aliphatic heterocycles. The van der Waals surface area contributed by atoms with Gasteiger partial charge in [0.1, 0.15) is 0 Å². The van der Waals surface area contributed by atoms with Gasteiger partial charge in [0.25, 0.3) is 0 Å². The molecule has 1 fully saturated rings. The normalized spacial score (nSPS) is 24.2. The molecule has 1 rings (SSSR count). The predicted octanol–water partition coefficient (Wildman–Crippen LogP) is -2.05. The average molecular weight is 327 g/mol. The van der Waals surface area contributed by atoms with Crippen LogP contribution < -0.4 is 58.2 Å². The van der Waals surface area contributed by atoms with Gasteiger partial charge in [0.05, 0.1) is 0 Å². The van der Waals surface area contributed by atoms with Crippen LogP contribution in [0.25, 0.3) is 5.32 Å². The van der Waals surface area contributed by atoms with Gasteiger partial charge in [-0.1, -0.05) is 6.42 Å². The maximum absolute atomic E-state index is 4.58. The van der Waals surface area contributed by atoms with Crippen LogP contribution in [0.3, 0.4) is 0 Å². The third-order valence-corrected chi connectivity index (χ3v) is 3.44. The summed E-state index contributed by atoms with van der Waals surface area (Å²) in [4.78, 5) is 7.26. The molecule has 4 nitrogen and oxygen atoms in total. The second-order valence-corrected chi connectivity index (χ2v) is 5.29.